The van der Waals surface area contributed by atoms with Crippen molar-refractivity contribution in [1.82, 2.24) is 14.9 Å². The van der Waals surface area contributed by atoms with Crippen molar-refractivity contribution in [3.8, 4) is 0 Å². The number of nitrogens with zero attached hydrogens (tertiary/aromatic N) is 1. The highest BCUT2D eigenvalue weighted by atomic mass is 32.2. The minimum Gasteiger partial charge on any atom is -0.312 e. The number of rotatable bonds is 6. The lowest BCUT2D eigenvalue weighted by atomic mass is 9.84. The lowest BCUT2D eigenvalue weighted by Gasteiger charge is -2.45. The van der Waals surface area contributed by atoms with Crippen molar-refractivity contribution in [2.24, 2.45) is 5.92 Å². The molecule has 0 aromatic heterocycles. The Kier molecular flexibility index (Phi) is 4.41. The quantitative estimate of drug-likeness (QED) is 0.639. The van der Waals surface area contributed by atoms with Crippen LogP contribution in [0.4, 0.5) is 0 Å². The minimum atomic E-state index is -3.02. The zero-order valence-electron chi connectivity index (χ0n) is 10.5. The SMILES string of the molecule is CS(=O)(=O)NCCCNC1CN2CCC1CC2. The van der Waals surface area contributed by atoms with E-state index in [9.17, 15) is 8.42 Å². The summed E-state index contributed by atoms with van der Waals surface area (Å²) < 4.78 is 24.2. The molecular weight excluding hydrogens is 238 g/mol. The average molecular weight is 261 g/mol. The van der Waals surface area contributed by atoms with Crippen molar-refractivity contribution in [2.45, 2.75) is 25.3 Å². The van der Waals surface area contributed by atoms with Gasteiger partial charge in [-0.05, 0) is 44.8 Å². The molecule has 3 rings (SSSR count). The van der Waals surface area contributed by atoms with Gasteiger partial charge in [0.15, 0.2) is 0 Å². The van der Waals surface area contributed by atoms with Crippen molar-refractivity contribution >= 4 is 10.0 Å². The smallest absolute Gasteiger partial charge is 0.208 e. The van der Waals surface area contributed by atoms with Gasteiger partial charge in [0.2, 0.25) is 10.0 Å². The molecule has 2 bridgehead atoms. The molecule has 5 nitrogen and oxygen atoms in total. The summed E-state index contributed by atoms with van der Waals surface area (Å²) in [4.78, 5) is 2.52. The van der Waals surface area contributed by atoms with Crippen LogP contribution in [0.3, 0.4) is 0 Å². The molecule has 3 aliphatic heterocycles. The lowest BCUT2D eigenvalue weighted by Crippen LogP contribution is -2.56. The van der Waals surface area contributed by atoms with Gasteiger partial charge in [-0.1, -0.05) is 0 Å². The first-order valence-corrected chi connectivity index (χ1v) is 8.34. The van der Waals surface area contributed by atoms with Gasteiger partial charge in [0.25, 0.3) is 0 Å². The third-order valence-corrected chi connectivity index (χ3v) is 4.51. The highest BCUT2D eigenvalue weighted by Gasteiger charge is 2.33. The van der Waals surface area contributed by atoms with Gasteiger partial charge >= 0.3 is 0 Å². The summed E-state index contributed by atoms with van der Waals surface area (Å²) >= 11 is 0. The molecule has 17 heavy (non-hydrogen) atoms. The topological polar surface area (TPSA) is 61.4 Å². The number of sulfonamides is 1. The van der Waals surface area contributed by atoms with Crippen LogP contribution in [0.2, 0.25) is 0 Å². The molecule has 1 unspecified atom stereocenters. The molecule has 3 saturated heterocycles. The van der Waals surface area contributed by atoms with E-state index in [0.29, 0.717) is 12.6 Å². The van der Waals surface area contributed by atoms with Crippen LogP contribution in [-0.4, -0.2) is 58.3 Å². The Balaban J connectivity index is 1.60. The van der Waals surface area contributed by atoms with Crippen molar-refractivity contribution in [3.63, 3.8) is 0 Å². The van der Waals surface area contributed by atoms with Crippen LogP contribution in [0.5, 0.6) is 0 Å². The van der Waals surface area contributed by atoms with E-state index in [1.54, 1.807) is 0 Å². The fraction of sp³-hybridized carbons (Fsp3) is 1.00. The van der Waals surface area contributed by atoms with Crippen molar-refractivity contribution in [1.29, 1.82) is 0 Å². The monoisotopic (exact) mass is 261 g/mol. The van der Waals surface area contributed by atoms with E-state index in [4.69, 9.17) is 0 Å². The predicted molar refractivity (Wildman–Crippen MR) is 68.4 cm³/mol. The van der Waals surface area contributed by atoms with Crippen LogP contribution in [0, 0.1) is 5.92 Å². The molecule has 3 heterocycles. The van der Waals surface area contributed by atoms with Crippen LogP contribution in [0.25, 0.3) is 0 Å². The summed E-state index contributed by atoms with van der Waals surface area (Å²) in [5, 5.41) is 3.56. The zero-order chi connectivity index (χ0) is 12.3. The van der Waals surface area contributed by atoms with E-state index in [0.717, 1.165) is 18.9 Å². The lowest BCUT2D eigenvalue weighted by molar-refractivity contribution is 0.0729. The first-order valence-electron chi connectivity index (χ1n) is 6.45. The fourth-order valence-corrected chi connectivity index (χ4v) is 3.34. The summed E-state index contributed by atoms with van der Waals surface area (Å²) in [5.74, 6) is 0.836. The predicted octanol–water partition coefficient (Wildman–Crippen LogP) is -0.390. The first kappa shape index (κ1) is 13.3. The summed E-state index contributed by atoms with van der Waals surface area (Å²) in [7, 11) is -3.02. The van der Waals surface area contributed by atoms with Crippen molar-refractivity contribution < 1.29 is 8.42 Å². The van der Waals surface area contributed by atoms with Crippen molar-refractivity contribution in [2.75, 3.05) is 39.0 Å². The fourth-order valence-electron chi connectivity index (χ4n) is 2.83. The standard InChI is InChI=1S/C11H23N3O2S/c1-17(15,16)13-6-2-5-12-11-9-14-7-3-10(11)4-8-14/h10-13H,2-9H2,1H3. The third-order valence-electron chi connectivity index (χ3n) is 3.78. The molecule has 2 N–H and O–H groups in total. The second-order valence-corrected chi connectivity index (χ2v) is 7.05. The molecular formula is C11H23N3O2S. The first-order chi connectivity index (χ1) is 8.04. The molecule has 0 aromatic carbocycles. The molecule has 100 valence electrons. The van der Waals surface area contributed by atoms with Gasteiger partial charge in [0.05, 0.1) is 6.26 Å². The number of hydrogen-bond acceptors (Lipinski definition) is 4. The molecule has 0 saturated carbocycles. The number of hydrogen-bond donors (Lipinski definition) is 2. The second kappa shape index (κ2) is 5.65. The largest absolute Gasteiger partial charge is 0.312 e. The van der Waals surface area contributed by atoms with Gasteiger partial charge in [-0.15, -0.1) is 0 Å². The van der Waals surface area contributed by atoms with Gasteiger partial charge < -0.3 is 10.2 Å². The Hall–Kier alpha value is -0.170. The number of fused-ring (bicyclic) bond motifs is 3. The summed E-state index contributed by atoms with van der Waals surface area (Å²) in [6.07, 6.45) is 4.70. The molecule has 6 heteroatoms. The molecule has 0 radical (unpaired) electrons. The Morgan fingerprint density at radius 2 is 1.94 bits per heavy atom. The number of piperidine rings is 3. The molecule has 3 aliphatic rings. The van der Waals surface area contributed by atoms with Crippen molar-refractivity contribution in [3.05, 3.63) is 0 Å². The molecule has 0 aromatic rings. The summed E-state index contributed by atoms with van der Waals surface area (Å²) in [6.45, 7) is 5.13. The zero-order valence-corrected chi connectivity index (χ0v) is 11.3. The van der Waals surface area contributed by atoms with Crippen LogP contribution < -0.4 is 10.0 Å². The Bertz CT molecular complexity index is 337. The third kappa shape index (κ3) is 4.21. The average Bonchev–Trinajstić information content (AvgIpc) is 2.29. The Morgan fingerprint density at radius 3 is 2.47 bits per heavy atom. The summed E-state index contributed by atoms with van der Waals surface area (Å²) in [6, 6.07) is 0.621. The van der Waals surface area contributed by atoms with Crippen LogP contribution in [0.1, 0.15) is 19.3 Å². The van der Waals surface area contributed by atoms with Crippen LogP contribution in [-0.2, 0) is 10.0 Å². The maximum absolute atomic E-state index is 10.9. The van der Waals surface area contributed by atoms with Gasteiger partial charge in [-0.2, -0.15) is 0 Å². The molecule has 0 aliphatic carbocycles. The number of nitrogens with one attached hydrogen (secondary N) is 2. The van der Waals surface area contributed by atoms with E-state index >= 15 is 0 Å². The molecule has 0 spiro atoms. The minimum absolute atomic E-state index is 0.535. The van der Waals surface area contributed by atoms with E-state index in [1.807, 2.05) is 0 Å². The molecule has 1 atom stereocenters. The summed E-state index contributed by atoms with van der Waals surface area (Å²) in [5.41, 5.74) is 0. The maximum atomic E-state index is 10.9. The second-order valence-electron chi connectivity index (χ2n) is 5.22. The van der Waals surface area contributed by atoms with Gasteiger partial charge in [0, 0.05) is 19.1 Å². The van der Waals surface area contributed by atoms with E-state index in [1.165, 1.54) is 38.7 Å². The highest BCUT2D eigenvalue weighted by molar-refractivity contribution is 7.88. The van der Waals surface area contributed by atoms with E-state index in [-0.39, 0.29) is 0 Å². The normalized spacial score (nSPS) is 32.9. The Labute approximate surface area is 104 Å². The van der Waals surface area contributed by atoms with Crippen LogP contribution >= 0.6 is 0 Å². The van der Waals surface area contributed by atoms with Gasteiger partial charge in [-0.25, -0.2) is 13.1 Å². The van der Waals surface area contributed by atoms with E-state index in [2.05, 4.69) is 14.9 Å². The highest BCUT2D eigenvalue weighted by Crippen LogP contribution is 2.27. The maximum Gasteiger partial charge on any atom is 0.208 e. The van der Waals surface area contributed by atoms with Gasteiger partial charge in [0.1, 0.15) is 0 Å². The van der Waals surface area contributed by atoms with Crippen LogP contribution in [0.15, 0.2) is 0 Å². The van der Waals surface area contributed by atoms with E-state index < -0.39 is 10.0 Å². The molecule has 0 amide bonds. The Morgan fingerprint density at radius 1 is 1.24 bits per heavy atom. The van der Waals surface area contributed by atoms with Gasteiger partial charge in [-0.3, -0.25) is 0 Å². The molecule has 3 fully saturated rings.